The van der Waals surface area contributed by atoms with Crippen LogP contribution in [0.4, 0.5) is 5.82 Å². The molecule has 3 rings (SSSR count). The molecule has 0 radical (unpaired) electrons. The third-order valence-electron chi connectivity index (χ3n) is 3.34. The lowest BCUT2D eigenvalue weighted by molar-refractivity contribution is 0.178. The third-order valence-corrected chi connectivity index (χ3v) is 3.34. The van der Waals surface area contributed by atoms with Crippen LogP contribution >= 0.6 is 0 Å². The first-order valence-electron chi connectivity index (χ1n) is 6.23. The molecule has 1 aromatic heterocycles. The number of benzene rings is 1. The van der Waals surface area contributed by atoms with Gasteiger partial charge in [-0.05, 0) is 7.05 Å². The molecule has 0 atom stereocenters. The minimum absolute atomic E-state index is 0.845. The topological polar surface area (TPSA) is 44.3 Å². The summed E-state index contributed by atoms with van der Waals surface area (Å²) in [5, 5.41) is 12.7. The van der Waals surface area contributed by atoms with Crippen molar-refractivity contribution in [3.05, 3.63) is 30.5 Å². The number of nitrogens with one attached hydrogen (secondary N) is 1. The molecule has 5 nitrogen and oxygen atoms in total. The Hall–Kier alpha value is -1.72. The molecule has 1 saturated heterocycles. The zero-order valence-corrected chi connectivity index (χ0v) is 10.5. The fourth-order valence-electron chi connectivity index (χ4n) is 2.18. The number of rotatable bonds is 2. The van der Waals surface area contributed by atoms with E-state index in [-0.39, 0.29) is 0 Å². The summed E-state index contributed by atoms with van der Waals surface area (Å²) in [7, 11) is 2.15. The highest BCUT2D eigenvalue weighted by Crippen LogP contribution is 2.19. The van der Waals surface area contributed by atoms with Gasteiger partial charge in [0.1, 0.15) is 0 Å². The van der Waals surface area contributed by atoms with Crippen LogP contribution in [0.1, 0.15) is 0 Å². The zero-order chi connectivity index (χ0) is 12.4. The minimum Gasteiger partial charge on any atom is -0.304 e. The molecule has 1 aliphatic heterocycles. The fraction of sp³-hybridized carbons (Fsp3) is 0.385. The molecule has 0 bridgehead atoms. The van der Waals surface area contributed by atoms with Crippen LogP contribution in [0.3, 0.4) is 0 Å². The number of nitrogens with zero attached hydrogens (tertiary/aromatic N) is 4. The number of hydrazine groups is 1. The summed E-state index contributed by atoms with van der Waals surface area (Å²) < 4.78 is 0. The van der Waals surface area contributed by atoms with Crippen molar-refractivity contribution in [3.63, 3.8) is 0 Å². The highest BCUT2D eigenvalue weighted by atomic mass is 15.5. The maximum Gasteiger partial charge on any atom is 0.170 e. The Morgan fingerprint density at radius 2 is 1.89 bits per heavy atom. The van der Waals surface area contributed by atoms with Crippen molar-refractivity contribution < 1.29 is 0 Å². The van der Waals surface area contributed by atoms with Crippen LogP contribution in [0.25, 0.3) is 10.8 Å². The Bertz CT molecular complexity index is 528. The van der Waals surface area contributed by atoms with E-state index in [2.05, 4.69) is 44.7 Å². The van der Waals surface area contributed by atoms with E-state index in [1.807, 2.05) is 12.1 Å². The van der Waals surface area contributed by atoms with E-state index in [1.165, 1.54) is 0 Å². The number of likely N-dealkylation sites (N-methyl/N-ethyl adjacent to an activating group) is 1. The molecule has 2 heterocycles. The van der Waals surface area contributed by atoms with Gasteiger partial charge >= 0.3 is 0 Å². The van der Waals surface area contributed by atoms with Gasteiger partial charge in [-0.3, -0.25) is 0 Å². The predicted octanol–water partition coefficient (Wildman–Crippen LogP) is 1.20. The van der Waals surface area contributed by atoms with E-state index in [9.17, 15) is 0 Å². The van der Waals surface area contributed by atoms with Crippen LogP contribution in [0.2, 0.25) is 0 Å². The summed E-state index contributed by atoms with van der Waals surface area (Å²) >= 11 is 0. The maximum atomic E-state index is 4.20. The second kappa shape index (κ2) is 4.88. The van der Waals surface area contributed by atoms with Crippen LogP contribution < -0.4 is 5.43 Å². The van der Waals surface area contributed by atoms with Crippen molar-refractivity contribution in [1.82, 2.24) is 20.1 Å². The molecular formula is C13H17N5. The van der Waals surface area contributed by atoms with Crippen LogP contribution in [0.15, 0.2) is 30.5 Å². The van der Waals surface area contributed by atoms with E-state index >= 15 is 0 Å². The Morgan fingerprint density at radius 1 is 1.11 bits per heavy atom. The standard InChI is InChI=1S/C13H17N5/c1-17-6-8-18(9-7-17)16-13-12-5-3-2-4-11(12)10-14-15-13/h2-5,10H,6-9H2,1H3,(H,15,16). The monoisotopic (exact) mass is 243 g/mol. The van der Waals surface area contributed by atoms with Crippen molar-refractivity contribution in [2.24, 2.45) is 0 Å². The molecule has 18 heavy (non-hydrogen) atoms. The molecule has 0 amide bonds. The largest absolute Gasteiger partial charge is 0.304 e. The van der Waals surface area contributed by atoms with Crippen molar-refractivity contribution in [2.75, 3.05) is 38.7 Å². The van der Waals surface area contributed by atoms with Gasteiger partial charge in [-0.15, -0.1) is 5.10 Å². The average Bonchev–Trinajstić information content (AvgIpc) is 2.42. The van der Waals surface area contributed by atoms with Crippen LogP contribution in [-0.4, -0.2) is 53.3 Å². The highest BCUT2D eigenvalue weighted by molar-refractivity contribution is 5.90. The summed E-state index contributed by atoms with van der Waals surface area (Å²) in [5.74, 6) is 0.845. The lowest BCUT2D eigenvalue weighted by atomic mass is 10.2. The number of aromatic nitrogens is 2. The molecule has 0 spiro atoms. The van der Waals surface area contributed by atoms with Gasteiger partial charge < -0.3 is 10.3 Å². The summed E-state index contributed by atoms with van der Waals surface area (Å²) in [5.41, 5.74) is 3.38. The number of hydrogen-bond donors (Lipinski definition) is 1. The van der Waals surface area contributed by atoms with E-state index in [0.29, 0.717) is 0 Å². The molecule has 0 unspecified atom stereocenters. The number of hydrogen-bond acceptors (Lipinski definition) is 5. The smallest absolute Gasteiger partial charge is 0.170 e. The molecule has 5 heteroatoms. The first-order valence-corrected chi connectivity index (χ1v) is 6.23. The molecular weight excluding hydrogens is 226 g/mol. The van der Waals surface area contributed by atoms with Crippen LogP contribution in [0, 0.1) is 0 Å². The van der Waals surface area contributed by atoms with Gasteiger partial charge in [0, 0.05) is 37.0 Å². The Morgan fingerprint density at radius 3 is 2.72 bits per heavy atom. The van der Waals surface area contributed by atoms with E-state index in [4.69, 9.17) is 0 Å². The molecule has 2 aromatic rings. The summed E-state index contributed by atoms with van der Waals surface area (Å²) in [4.78, 5) is 2.33. The van der Waals surface area contributed by atoms with Gasteiger partial charge in [-0.2, -0.15) is 5.10 Å². The molecule has 1 fully saturated rings. The van der Waals surface area contributed by atoms with E-state index in [1.54, 1.807) is 6.20 Å². The van der Waals surface area contributed by atoms with Gasteiger partial charge in [0.2, 0.25) is 0 Å². The SMILES string of the molecule is CN1CCN(Nc2nncc3ccccc23)CC1. The van der Waals surface area contributed by atoms with Crippen molar-refractivity contribution in [3.8, 4) is 0 Å². The Balaban J connectivity index is 1.82. The minimum atomic E-state index is 0.845. The van der Waals surface area contributed by atoms with Gasteiger partial charge in [0.05, 0.1) is 6.20 Å². The average molecular weight is 243 g/mol. The van der Waals surface area contributed by atoms with Gasteiger partial charge in [-0.1, -0.05) is 24.3 Å². The van der Waals surface area contributed by atoms with Crippen molar-refractivity contribution in [1.29, 1.82) is 0 Å². The second-order valence-corrected chi connectivity index (χ2v) is 4.68. The molecule has 0 saturated carbocycles. The van der Waals surface area contributed by atoms with Crippen LogP contribution in [0.5, 0.6) is 0 Å². The number of piperazine rings is 1. The molecule has 94 valence electrons. The van der Waals surface area contributed by atoms with E-state index < -0.39 is 0 Å². The fourth-order valence-corrected chi connectivity index (χ4v) is 2.18. The predicted molar refractivity (Wildman–Crippen MR) is 72.2 cm³/mol. The number of fused-ring (bicyclic) bond motifs is 1. The zero-order valence-electron chi connectivity index (χ0n) is 10.5. The van der Waals surface area contributed by atoms with Gasteiger partial charge in [-0.25, -0.2) is 5.01 Å². The third kappa shape index (κ3) is 2.27. The lowest BCUT2D eigenvalue weighted by Crippen LogP contribution is -2.47. The van der Waals surface area contributed by atoms with Gasteiger partial charge in [0.15, 0.2) is 5.82 Å². The van der Waals surface area contributed by atoms with Crippen LogP contribution in [-0.2, 0) is 0 Å². The molecule has 1 aliphatic rings. The number of anilines is 1. The maximum absolute atomic E-state index is 4.20. The highest BCUT2D eigenvalue weighted by Gasteiger charge is 2.14. The summed E-state index contributed by atoms with van der Waals surface area (Å²) in [6.07, 6.45) is 1.80. The Kier molecular flexibility index (Phi) is 3.08. The quantitative estimate of drug-likeness (QED) is 0.858. The lowest BCUT2D eigenvalue weighted by Gasteiger charge is -2.32. The van der Waals surface area contributed by atoms with Gasteiger partial charge in [0.25, 0.3) is 0 Å². The summed E-state index contributed by atoms with van der Waals surface area (Å²) in [6.45, 7) is 4.15. The molecule has 1 N–H and O–H groups in total. The first-order chi connectivity index (χ1) is 8.83. The summed E-state index contributed by atoms with van der Waals surface area (Å²) in [6, 6.07) is 8.17. The molecule has 0 aliphatic carbocycles. The van der Waals surface area contributed by atoms with Crippen molar-refractivity contribution in [2.45, 2.75) is 0 Å². The van der Waals surface area contributed by atoms with Crippen molar-refractivity contribution >= 4 is 16.6 Å². The normalized spacial score (nSPS) is 18.1. The van der Waals surface area contributed by atoms with E-state index in [0.717, 1.165) is 42.8 Å². The first kappa shape index (κ1) is 11.4. The Labute approximate surface area is 106 Å². The second-order valence-electron chi connectivity index (χ2n) is 4.68. The molecule has 1 aromatic carbocycles.